The highest BCUT2D eigenvalue weighted by atomic mass is 19.1. The van der Waals surface area contributed by atoms with Crippen molar-refractivity contribution in [2.24, 2.45) is 5.92 Å². The zero-order valence-electron chi connectivity index (χ0n) is 10.4. The van der Waals surface area contributed by atoms with Crippen LogP contribution in [0.3, 0.4) is 0 Å². The third-order valence-corrected chi connectivity index (χ3v) is 3.21. The summed E-state index contributed by atoms with van der Waals surface area (Å²) < 4.78 is 18.9. The van der Waals surface area contributed by atoms with Gasteiger partial charge >= 0.3 is 0 Å². The van der Waals surface area contributed by atoms with E-state index in [0.717, 1.165) is 25.5 Å². The highest BCUT2D eigenvalue weighted by Crippen LogP contribution is 2.25. The number of nitrogens with zero attached hydrogens (tertiary/aromatic N) is 1. The minimum Gasteiger partial charge on any atom is -0.377 e. The molecule has 2 heterocycles. The summed E-state index contributed by atoms with van der Waals surface area (Å²) in [5, 5.41) is 2.61. The van der Waals surface area contributed by atoms with Crippen LogP contribution in [-0.4, -0.2) is 23.6 Å². The van der Waals surface area contributed by atoms with E-state index in [0.29, 0.717) is 6.61 Å². The maximum atomic E-state index is 13.4. The van der Waals surface area contributed by atoms with Gasteiger partial charge in [0.2, 0.25) is 5.91 Å². The van der Waals surface area contributed by atoms with Crippen LogP contribution in [0.2, 0.25) is 0 Å². The van der Waals surface area contributed by atoms with Crippen LogP contribution in [0.4, 0.5) is 10.1 Å². The van der Waals surface area contributed by atoms with Gasteiger partial charge in [-0.15, -0.1) is 0 Å². The first-order valence-corrected chi connectivity index (χ1v) is 6.24. The number of aromatic nitrogens is 1. The van der Waals surface area contributed by atoms with E-state index in [1.165, 1.54) is 12.3 Å². The zero-order valence-corrected chi connectivity index (χ0v) is 10.4. The fourth-order valence-corrected chi connectivity index (χ4v) is 2.24. The van der Waals surface area contributed by atoms with Crippen LogP contribution in [0.15, 0.2) is 18.5 Å². The Morgan fingerprint density at radius 1 is 1.67 bits per heavy atom. The largest absolute Gasteiger partial charge is 0.377 e. The quantitative estimate of drug-likeness (QED) is 0.898. The van der Waals surface area contributed by atoms with Crippen molar-refractivity contribution in [1.29, 1.82) is 0 Å². The molecule has 98 valence electrons. The Bertz CT molecular complexity index is 425. The smallest absolute Gasteiger partial charge is 0.230 e. The first-order chi connectivity index (χ1) is 8.72. The number of amides is 1. The number of halogens is 1. The van der Waals surface area contributed by atoms with Gasteiger partial charge in [-0.3, -0.25) is 9.78 Å². The van der Waals surface area contributed by atoms with Gasteiger partial charge in [0.05, 0.1) is 23.9 Å². The van der Waals surface area contributed by atoms with Gasteiger partial charge < -0.3 is 10.1 Å². The topological polar surface area (TPSA) is 51.2 Å². The Morgan fingerprint density at radius 2 is 2.50 bits per heavy atom. The monoisotopic (exact) mass is 252 g/mol. The Hall–Kier alpha value is -1.49. The van der Waals surface area contributed by atoms with E-state index < -0.39 is 5.82 Å². The van der Waals surface area contributed by atoms with Gasteiger partial charge in [0, 0.05) is 12.8 Å². The molecule has 1 aliphatic rings. The van der Waals surface area contributed by atoms with E-state index in [1.54, 1.807) is 0 Å². The van der Waals surface area contributed by atoms with Gasteiger partial charge in [-0.1, -0.05) is 6.92 Å². The molecule has 0 saturated carbocycles. The lowest BCUT2D eigenvalue weighted by molar-refractivity contribution is -0.129. The lowest BCUT2D eigenvalue weighted by Crippen LogP contribution is -2.38. The summed E-state index contributed by atoms with van der Waals surface area (Å²) in [4.78, 5) is 15.8. The molecule has 1 aromatic heterocycles. The third kappa shape index (κ3) is 2.85. The molecule has 0 aliphatic carbocycles. The number of pyridine rings is 1. The predicted molar refractivity (Wildman–Crippen MR) is 65.6 cm³/mol. The van der Waals surface area contributed by atoms with Gasteiger partial charge in [0.1, 0.15) is 0 Å². The molecule has 18 heavy (non-hydrogen) atoms. The molecular formula is C13H17FN2O2. The standard InChI is InChI=1S/C13H17FN2O2/c1-2-12-9(4-3-7-18-12)13(17)16-11-5-6-15-8-10(11)14/h5-6,8-9,12H,2-4,7H2,1H3,(H,15,16,17)/t9-,12-/m0/s1. The normalized spacial score (nSPS) is 23.7. The van der Waals surface area contributed by atoms with Gasteiger partial charge in [-0.25, -0.2) is 4.39 Å². The van der Waals surface area contributed by atoms with Crippen molar-refractivity contribution in [1.82, 2.24) is 4.98 Å². The predicted octanol–water partition coefficient (Wildman–Crippen LogP) is 2.36. The van der Waals surface area contributed by atoms with Crippen molar-refractivity contribution >= 4 is 11.6 Å². The first-order valence-electron chi connectivity index (χ1n) is 6.24. The molecule has 1 saturated heterocycles. The Labute approximate surface area is 106 Å². The lowest BCUT2D eigenvalue weighted by atomic mass is 9.92. The van der Waals surface area contributed by atoms with Crippen LogP contribution in [0.25, 0.3) is 0 Å². The number of nitrogens with one attached hydrogen (secondary N) is 1. The summed E-state index contributed by atoms with van der Waals surface area (Å²) in [6, 6.07) is 1.46. The number of anilines is 1. The molecule has 1 aliphatic heterocycles. The van der Waals surface area contributed by atoms with Crippen molar-refractivity contribution in [3.05, 3.63) is 24.3 Å². The molecule has 1 N–H and O–H groups in total. The fourth-order valence-electron chi connectivity index (χ4n) is 2.24. The Kier molecular flexibility index (Phi) is 4.25. The van der Waals surface area contributed by atoms with E-state index in [2.05, 4.69) is 10.3 Å². The van der Waals surface area contributed by atoms with Crippen molar-refractivity contribution in [2.75, 3.05) is 11.9 Å². The number of carbonyl (C=O) groups is 1. The van der Waals surface area contributed by atoms with E-state index in [-0.39, 0.29) is 23.6 Å². The van der Waals surface area contributed by atoms with Crippen LogP contribution in [-0.2, 0) is 9.53 Å². The second-order valence-corrected chi connectivity index (χ2v) is 4.41. The molecule has 0 radical (unpaired) electrons. The number of ether oxygens (including phenoxy) is 1. The van der Waals surface area contributed by atoms with Crippen LogP contribution < -0.4 is 5.32 Å². The lowest BCUT2D eigenvalue weighted by Gasteiger charge is -2.30. The second-order valence-electron chi connectivity index (χ2n) is 4.41. The fraction of sp³-hybridized carbons (Fsp3) is 0.538. The van der Waals surface area contributed by atoms with Crippen LogP contribution >= 0.6 is 0 Å². The van der Waals surface area contributed by atoms with Crippen LogP contribution in [0.5, 0.6) is 0 Å². The molecule has 0 aromatic carbocycles. The molecule has 2 atom stereocenters. The second kappa shape index (κ2) is 5.91. The molecular weight excluding hydrogens is 235 g/mol. The molecule has 0 spiro atoms. The van der Waals surface area contributed by atoms with E-state index in [9.17, 15) is 9.18 Å². The van der Waals surface area contributed by atoms with Gasteiger partial charge in [0.15, 0.2) is 5.82 Å². The molecule has 0 unspecified atom stereocenters. The first kappa shape index (κ1) is 13.0. The van der Waals surface area contributed by atoms with Crippen LogP contribution in [0.1, 0.15) is 26.2 Å². The summed E-state index contributed by atoms with van der Waals surface area (Å²) >= 11 is 0. The van der Waals surface area contributed by atoms with Crippen molar-refractivity contribution < 1.29 is 13.9 Å². The zero-order chi connectivity index (χ0) is 13.0. The minimum absolute atomic E-state index is 0.0661. The Balaban J connectivity index is 2.05. The highest BCUT2D eigenvalue weighted by molar-refractivity contribution is 5.93. The van der Waals surface area contributed by atoms with Crippen molar-refractivity contribution in [3.8, 4) is 0 Å². The van der Waals surface area contributed by atoms with E-state index >= 15 is 0 Å². The van der Waals surface area contributed by atoms with Crippen molar-refractivity contribution in [2.45, 2.75) is 32.3 Å². The number of rotatable bonds is 3. The van der Waals surface area contributed by atoms with Gasteiger partial charge in [-0.05, 0) is 25.3 Å². The Morgan fingerprint density at radius 3 is 3.22 bits per heavy atom. The van der Waals surface area contributed by atoms with Crippen LogP contribution in [0, 0.1) is 11.7 Å². The molecule has 2 rings (SSSR count). The molecule has 1 fully saturated rings. The summed E-state index contributed by atoms with van der Waals surface area (Å²) in [7, 11) is 0. The summed E-state index contributed by atoms with van der Waals surface area (Å²) in [5.74, 6) is -0.890. The summed E-state index contributed by atoms with van der Waals surface area (Å²) in [5.41, 5.74) is 0.176. The summed E-state index contributed by atoms with van der Waals surface area (Å²) in [6.07, 6.45) is 4.92. The molecule has 1 amide bonds. The average molecular weight is 252 g/mol. The molecule has 4 nitrogen and oxygen atoms in total. The van der Waals surface area contributed by atoms with Crippen molar-refractivity contribution in [3.63, 3.8) is 0 Å². The average Bonchev–Trinajstić information content (AvgIpc) is 2.41. The molecule has 1 aromatic rings. The maximum Gasteiger partial charge on any atom is 0.230 e. The number of hydrogen-bond acceptors (Lipinski definition) is 3. The molecule has 0 bridgehead atoms. The number of hydrogen-bond donors (Lipinski definition) is 1. The SMILES string of the molecule is CC[C@@H]1OCCC[C@@H]1C(=O)Nc1ccncc1F. The maximum absolute atomic E-state index is 13.4. The van der Waals surface area contributed by atoms with E-state index in [4.69, 9.17) is 4.74 Å². The highest BCUT2D eigenvalue weighted by Gasteiger charge is 2.30. The molecule has 5 heteroatoms. The van der Waals surface area contributed by atoms with Gasteiger partial charge in [0.25, 0.3) is 0 Å². The van der Waals surface area contributed by atoms with Gasteiger partial charge in [-0.2, -0.15) is 0 Å². The number of carbonyl (C=O) groups excluding carboxylic acids is 1. The third-order valence-electron chi connectivity index (χ3n) is 3.21. The van der Waals surface area contributed by atoms with E-state index in [1.807, 2.05) is 6.92 Å². The minimum atomic E-state index is -0.518. The summed E-state index contributed by atoms with van der Waals surface area (Å²) in [6.45, 7) is 2.69.